The van der Waals surface area contributed by atoms with E-state index in [1.165, 1.54) is 10.9 Å². The zero-order valence-corrected chi connectivity index (χ0v) is 21.3. The Hall–Kier alpha value is -4.02. The Morgan fingerprint density at radius 2 is 1.50 bits per heavy atom. The van der Waals surface area contributed by atoms with Crippen molar-refractivity contribution in [3.05, 3.63) is 103 Å². The summed E-state index contributed by atoms with van der Waals surface area (Å²) in [7, 11) is 0. The van der Waals surface area contributed by atoms with Crippen molar-refractivity contribution in [3.8, 4) is 38.7 Å². The molecule has 0 unspecified atom stereocenters. The van der Waals surface area contributed by atoms with E-state index in [2.05, 4.69) is 87.5 Å². The van der Waals surface area contributed by atoms with E-state index in [-0.39, 0.29) is 11.2 Å². The fourth-order valence-corrected chi connectivity index (χ4v) is 5.68. The molecule has 2 aromatic heterocycles. The summed E-state index contributed by atoms with van der Waals surface area (Å²) in [4.78, 5) is 9.82. The molecule has 0 saturated heterocycles. The van der Waals surface area contributed by atoms with E-state index in [9.17, 15) is 5.11 Å². The molecule has 4 aromatic carbocycles. The van der Waals surface area contributed by atoms with Crippen LogP contribution in [0.1, 0.15) is 26.3 Å². The number of rotatable bonds is 3. The lowest BCUT2D eigenvalue weighted by atomic mass is 9.83. The van der Waals surface area contributed by atoms with Crippen LogP contribution in [-0.4, -0.2) is 15.1 Å². The van der Waals surface area contributed by atoms with Crippen LogP contribution in [0, 0.1) is 0 Å². The number of pyridine rings is 1. The zero-order chi connectivity index (χ0) is 24.9. The predicted octanol–water partition coefficient (Wildman–Crippen LogP) is 8.85. The number of hydrogen-bond donors (Lipinski definition) is 1. The fraction of sp³-hybridized carbons (Fsp3) is 0.125. The van der Waals surface area contributed by atoms with Crippen LogP contribution in [0.2, 0.25) is 0 Å². The van der Waals surface area contributed by atoms with Gasteiger partial charge < -0.3 is 5.11 Å². The third-order valence-electron chi connectivity index (χ3n) is 6.61. The molecule has 3 nitrogen and oxygen atoms in total. The first kappa shape index (κ1) is 22.4. The molecular formula is C32H26N2OS. The number of nitrogens with zero attached hydrogens (tertiary/aromatic N) is 2. The smallest absolute Gasteiger partial charge is 0.128 e. The van der Waals surface area contributed by atoms with Gasteiger partial charge in [-0.15, -0.1) is 11.3 Å². The van der Waals surface area contributed by atoms with Gasteiger partial charge in [-0.1, -0.05) is 75.4 Å². The molecule has 0 aliphatic rings. The topological polar surface area (TPSA) is 46.0 Å². The SMILES string of the molecule is CC(C)(C)c1cc(-c2nccc3ccccc23)cc(-c2cccc3sc(-c4ccccc4O)nc23)c1. The van der Waals surface area contributed by atoms with Gasteiger partial charge in [-0.25, -0.2) is 4.98 Å². The number of hydrogen-bond acceptors (Lipinski definition) is 4. The summed E-state index contributed by atoms with van der Waals surface area (Å²) in [5.41, 5.74) is 7.20. The average molecular weight is 487 g/mol. The summed E-state index contributed by atoms with van der Waals surface area (Å²) >= 11 is 1.60. The Morgan fingerprint density at radius 1 is 0.750 bits per heavy atom. The highest BCUT2D eigenvalue weighted by Gasteiger charge is 2.20. The molecule has 0 spiro atoms. The highest BCUT2D eigenvalue weighted by Crippen LogP contribution is 2.41. The van der Waals surface area contributed by atoms with Gasteiger partial charge in [0.05, 0.1) is 21.5 Å². The molecule has 0 aliphatic heterocycles. The quantitative estimate of drug-likeness (QED) is 0.272. The van der Waals surface area contributed by atoms with Crippen molar-refractivity contribution in [1.29, 1.82) is 0 Å². The summed E-state index contributed by atoms with van der Waals surface area (Å²) in [6.45, 7) is 6.73. The molecule has 2 heterocycles. The molecule has 6 rings (SSSR count). The summed E-state index contributed by atoms with van der Waals surface area (Å²) in [5.74, 6) is 0.247. The van der Waals surface area contributed by atoms with E-state index >= 15 is 0 Å². The maximum atomic E-state index is 10.4. The van der Waals surface area contributed by atoms with Crippen LogP contribution >= 0.6 is 11.3 Å². The van der Waals surface area contributed by atoms with Crippen LogP contribution in [0.4, 0.5) is 0 Å². The van der Waals surface area contributed by atoms with E-state index in [1.54, 1.807) is 17.4 Å². The number of benzene rings is 4. The number of aromatic nitrogens is 2. The van der Waals surface area contributed by atoms with Gasteiger partial charge in [0, 0.05) is 22.7 Å². The minimum atomic E-state index is -0.0354. The number of phenolic OH excluding ortho intramolecular Hbond substituents is 1. The van der Waals surface area contributed by atoms with Crippen LogP contribution in [0.3, 0.4) is 0 Å². The van der Waals surface area contributed by atoms with Gasteiger partial charge in [-0.2, -0.15) is 0 Å². The first-order chi connectivity index (χ1) is 17.4. The lowest BCUT2D eigenvalue weighted by molar-refractivity contribution is 0.477. The second-order valence-corrected chi connectivity index (χ2v) is 11.1. The first-order valence-corrected chi connectivity index (χ1v) is 12.9. The Morgan fingerprint density at radius 3 is 2.33 bits per heavy atom. The van der Waals surface area contributed by atoms with Crippen molar-refractivity contribution >= 4 is 32.3 Å². The van der Waals surface area contributed by atoms with Gasteiger partial charge in [0.2, 0.25) is 0 Å². The Balaban J connectivity index is 1.59. The van der Waals surface area contributed by atoms with Crippen LogP contribution in [0.5, 0.6) is 5.75 Å². The molecule has 0 radical (unpaired) electrons. The van der Waals surface area contributed by atoms with Gasteiger partial charge in [0.25, 0.3) is 0 Å². The van der Waals surface area contributed by atoms with E-state index < -0.39 is 0 Å². The highest BCUT2D eigenvalue weighted by molar-refractivity contribution is 7.21. The number of thiazole rings is 1. The van der Waals surface area contributed by atoms with Crippen LogP contribution in [-0.2, 0) is 5.41 Å². The zero-order valence-electron chi connectivity index (χ0n) is 20.5. The minimum Gasteiger partial charge on any atom is -0.507 e. The third kappa shape index (κ3) is 3.94. The molecule has 4 heteroatoms. The maximum absolute atomic E-state index is 10.4. The molecule has 6 aromatic rings. The van der Waals surface area contributed by atoms with Crippen molar-refractivity contribution in [1.82, 2.24) is 9.97 Å². The van der Waals surface area contributed by atoms with E-state index in [1.807, 2.05) is 24.4 Å². The van der Waals surface area contributed by atoms with Crippen molar-refractivity contribution in [2.75, 3.05) is 0 Å². The lowest BCUT2D eigenvalue weighted by Crippen LogP contribution is -2.11. The van der Waals surface area contributed by atoms with Crippen molar-refractivity contribution in [2.45, 2.75) is 26.2 Å². The number of para-hydroxylation sites is 2. The third-order valence-corrected chi connectivity index (χ3v) is 7.66. The second-order valence-electron chi connectivity index (χ2n) is 10.1. The van der Waals surface area contributed by atoms with Crippen molar-refractivity contribution in [2.24, 2.45) is 0 Å². The highest BCUT2D eigenvalue weighted by atomic mass is 32.1. The standard InChI is InChI=1S/C32H26N2OS/c1-32(2,3)23-18-21(17-22(19-23)29-24-10-5-4-9-20(24)15-16-33-29)25-12-8-14-28-30(25)34-31(36-28)26-11-6-7-13-27(26)35/h4-19,35H,1-3H3. The van der Waals surface area contributed by atoms with E-state index in [4.69, 9.17) is 9.97 Å². The summed E-state index contributed by atoms with van der Waals surface area (Å²) in [6, 6.07) is 31.0. The number of fused-ring (bicyclic) bond motifs is 2. The number of aromatic hydroxyl groups is 1. The van der Waals surface area contributed by atoms with Gasteiger partial charge >= 0.3 is 0 Å². The second kappa shape index (κ2) is 8.58. The maximum Gasteiger partial charge on any atom is 0.128 e. The Kier molecular flexibility index (Phi) is 5.35. The molecule has 0 amide bonds. The largest absolute Gasteiger partial charge is 0.507 e. The molecule has 0 aliphatic carbocycles. The Labute approximate surface area is 214 Å². The van der Waals surface area contributed by atoms with Crippen molar-refractivity contribution in [3.63, 3.8) is 0 Å². The summed E-state index contributed by atoms with van der Waals surface area (Å²) in [6.07, 6.45) is 1.89. The predicted molar refractivity (Wildman–Crippen MR) is 152 cm³/mol. The minimum absolute atomic E-state index is 0.0354. The Bertz CT molecular complexity index is 1740. The van der Waals surface area contributed by atoms with Gasteiger partial charge in [-0.3, -0.25) is 4.98 Å². The first-order valence-electron chi connectivity index (χ1n) is 12.1. The summed E-state index contributed by atoms with van der Waals surface area (Å²) < 4.78 is 1.09. The van der Waals surface area contributed by atoms with Crippen LogP contribution in [0.15, 0.2) is 97.2 Å². The summed E-state index contributed by atoms with van der Waals surface area (Å²) in [5, 5.41) is 13.6. The molecule has 0 saturated carbocycles. The number of phenols is 1. The van der Waals surface area contributed by atoms with Gasteiger partial charge in [0.1, 0.15) is 10.8 Å². The molecule has 0 bridgehead atoms. The van der Waals surface area contributed by atoms with E-state index in [0.29, 0.717) is 0 Å². The normalized spacial score (nSPS) is 11.9. The molecule has 0 fully saturated rings. The monoisotopic (exact) mass is 486 g/mol. The molecule has 176 valence electrons. The van der Waals surface area contributed by atoms with Gasteiger partial charge in [-0.05, 0) is 58.3 Å². The molecule has 1 N–H and O–H groups in total. The van der Waals surface area contributed by atoms with Crippen molar-refractivity contribution < 1.29 is 5.11 Å². The fourth-order valence-electron chi connectivity index (χ4n) is 4.65. The van der Waals surface area contributed by atoms with Crippen LogP contribution in [0.25, 0.3) is 53.9 Å². The van der Waals surface area contributed by atoms with E-state index in [0.717, 1.165) is 48.6 Å². The lowest BCUT2D eigenvalue weighted by Gasteiger charge is -2.22. The van der Waals surface area contributed by atoms with Gasteiger partial charge in [0.15, 0.2) is 0 Å². The van der Waals surface area contributed by atoms with Crippen LogP contribution < -0.4 is 0 Å². The molecule has 36 heavy (non-hydrogen) atoms. The average Bonchev–Trinajstić information content (AvgIpc) is 3.32. The molecular weight excluding hydrogens is 460 g/mol. The molecule has 0 atom stereocenters.